The van der Waals surface area contributed by atoms with Gasteiger partial charge >= 0.3 is 0 Å². The van der Waals surface area contributed by atoms with E-state index in [1.165, 1.54) is 0 Å². The van der Waals surface area contributed by atoms with Gasteiger partial charge in [0, 0.05) is 18.7 Å². The lowest BCUT2D eigenvalue weighted by molar-refractivity contribution is -0.127. The molecular weight excluding hydrogens is 264 g/mol. The molecule has 1 unspecified atom stereocenters. The molecule has 0 spiro atoms. The minimum absolute atomic E-state index is 0.0898. The standard InChI is InChI=1S/C17H18N2O2/c1-11-13(6-4-7-14(11)18)10-19-17(20)16-9-12-5-2-3-8-15(12)21-16/h2-8,16H,9-10,18H2,1H3,(H,19,20). The Morgan fingerprint density at radius 3 is 2.90 bits per heavy atom. The molecule has 0 bridgehead atoms. The van der Waals surface area contributed by atoms with Crippen molar-refractivity contribution in [2.45, 2.75) is 26.0 Å². The van der Waals surface area contributed by atoms with Gasteiger partial charge in [0.25, 0.3) is 5.91 Å². The molecule has 4 heteroatoms. The van der Waals surface area contributed by atoms with E-state index in [0.29, 0.717) is 13.0 Å². The summed E-state index contributed by atoms with van der Waals surface area (Å²) < 4.78 is 5.67. The van der Waals surface area contributed by atoms with E-state index in [1.54, 1.807) is 0 Å². The van der Waals surface area contributed by atoms with Crippen LogP contribution in [-0.2, 0) is 17.8 Å². The number of anilines is 1. The molecule has 21 heavy (non-hydrogen) atoms. The molecule has 4 nitrogen and oxygen atoms in total. The zero-order valence-electron chi connectivity index (χ0n) is 11.9. The van der Waals surface area contributed by atoms with Crippen LogP contribution in [0.2, 0.25) is 0 Å². The van der Waals surface area contributed by atoms with Gasteiger partial charge in [0.2, 0.25) is 0 Å². The quantitative estimate of drug-likeness (QED) is 0.848. The van der Waals surface area contributed by atoms with Crippen LogP contribution < -0.4 is 15.8 Å². The highest BCUT2D eigenvalue weighted by atomic mass is 16.5. The highest BCUT2D eigenvalue weighted by Gasteiger charge is 2.28. The fraction of sp³-hybridized carbons (Fsp3) is 0.235. The first-order valence-electron chi connectivity index (χ1n) is 7.01. The molecular formula is C17H18N2O2. The molecule has 3 rings (SSSR count). The Morgan fingerprint density at radius 1 is 1.29 bits per heavy atom. The molecule has 0 saturated heterocycles. The number of nitrogens with one attached hydrogen (secondary N) is 1. The third-order valence-electron chi connectivity index (χ3n) is 3.88. The lowest BCUT2D eigenvalue weighted by atomic mass is 10.1. The summed E-state index contributed by atoms with van der Waals surface area (Å²) in [5, 5.41) is 2.92. The molecule has 1 amide bonds. The average Bonchev–Trinajstić information content (AvgIpc) is 2.92. The normalized spacial score (nSPS) is 16.1. The maximum absolute atomic E-state index is 12.2. The summed E-state index contributed by atoms with van der Waals surface area (Å²) >= 11 is 0. The zero-order chi connectivity index (χ0) is 14.8. The number of para-hydroxylation sites is 1. The minimum atomic E-state index is -0.441. The van der Waals surface area contributed by atoms with Gasteiger partial charge in [0.1, 0.15) is 5.75 Å². The summed E-state index contributed by atoms with van der Waals surface area (Å²) in [4.78, 5) is 12.2. The molecule has 0 aliphatic carbocycles. The van der Waals surface area contributed by atoms with Crippen molar-refractivity contribution >= 4 is 11.6 Å². The molecule has 3 N–H and O–H groups in total. The van der Waals surface area contributed by atoms with E-state index in [2.05, 4.69) is 5.32 Å². The summed E-state index contributed by atoms with van der Waals surface area (Å²) in [5.41, 5.74) is 9.73. The first-order valence-corrected chi connectivity index (χ1v) is 7.01. The second-order valence-corrected chi connectivity index (χ2v) is 5.27. The van der Waals surface area contributed by atoms with E-state index in [1.807, 2.05) is 49.4 Å². The maximum Gasteiger partial charge on any atom is 0.261 e. The SMILES string of the molecule is Cc1c(N)cccc1CNC(=O)C1Cc2ccccc2O1. The summed E-state index contributed by atoms with van der Waals surface area (Å²) in [6, 6.07) is 13.5. The molecule has 0 aromatic heterocycles. The number of benzene rings is 2. The number of amides is 1. The van der Waals surface area contributed by atoms with Gasteiger partial charge < -0.3 is 15.8 Å². The Morgan fingerprint density at radius 2 is 2.10 bits per heavy atom. The van der Waals surface area contributed by atoms with Gasteiger partial charge in [-0.15, -0.1) is 0 Å². The van der Waals surface area contributed by atoms with Crippen molar-refractivity contribution in [1.29, 1.82) is 0 Å². The van der Waals surface area contributed by atoms with Crippen LogP contribution >= 0.6 is 0 Å². The van der Waals surface area contributed by atoms with Crippen molar-refractivity contribution in [3.8, 4) is 5.75 Å². The monoisotopic (exact) mass is 282 g/mol. The van der Waals surface area contributed by atoms with E-state index in [4.69, 9.17) is 10.5 Å². The largest absolute Gasteiger partial charge is 0.480 e. The summed E-state index contributed by atoms with van der Waals surface area (Å²) in [7, 11) is 0. The lowest BCUT2D eigenvalue weighted by Crippen LogP contribution is -2.37. The molecule has 1 aliphatic rings. The van der Waals surface area contributed by atoms with Gasteiger partial charge in [-0.25, -0.2) is 0 Å². The van der Waals surface area contributed by atoms with Crippen LogP contribution in [0.15, 0.2) is 42.5 Å². The molecule has 0 fully saturated rings. The van der Waals surface area contributed by atoms with Gasteiger partial charge in [0.15, 0.2) is 6.10 Å². The van der Waals surface area contributed by atoms with E-state index >= 15 is 0 Å². The number of carbonyl (C=O) groups is 1. The molecule has 2 aromatic rings. The predicted molar refractivity (Wildman–Crippen MR) is 82.0 cm³/mol. The van der Waals surface area contributed by atoms with Gasteiger partial charge in [-0.2, -0.15) is 0 Å². The van der Waals surface area contributed by atoms with Crippen LogP contribution in [-0.4, -0.2) is 12.0 Å². The number of hydrogen-bond acceptors (Lipinski definition) is 3. The third kappa shape index (κ3) is 2.70. The highest BCUT2D eigenvalue weighted by Crippen LogP contribution is 2.28. The lowest BCUT2D eigenvalue weighted by Gasteiger charge is -2.13. The number of nitrogens with two attached hydrogens (primary N) is 1. The molecule has 1 aliphatic heterocycles. The van der Waals surface area contributed by atoms with Crippen molar-refractivity contribution < 1.29 is 9.53 Å². The molecule has 108 valence electrons. The second-order valence-electron chi connectivity index (χ2n) is 5.27. The Bertz CT molecular complexity index is 657. The zero-order valence-corrected chi connectivity index (χ0v) is 11.9. The van der Waals surface area contributed by atoms with Gasteiger partial charge in [0.05, 0.1) is 0 Å². The fourth-order valence-corrected chi connectivity index (χ4v) is 2.52. The van der Waals surface area contributed by atoms with Crippen LogP contribution in [0.4, 0.5) is 5.69 Å². The van der Waals surface area contributed by atoms with Crippen molar-refractivity contribution in [3.05, 3.63) is 59.2 Å². The van der Waals surface area contributed by atoms with E-state index < -0.39 is 6.10 Å². The number of ether oxygens (including phenoxy) is 1. The van der Waals surface area contributed by atoms with Gasteiger partial charge in [-0.05, 0) is 35.7 Å². The van der Waals surface area contributed by atoms with Crippen molar-refractivity contribution in [2.75, 3.05) is 5.73 Å². The number of carbonyl (C=O) groups excluding carboxylic acids is 1. The third-order valence-corrected chi connectivity index (χ3v) is 3.88. The van der Waals surface area contributed by atoms with Crippen LogP contribution in [0.3, 0.4) is 0 Å². The first kappa shape index (κ1) is 13.5. The average molecular weight is 282 g/mol. The Hall–Kier alpha value is -2.49. The molecule has 1 heterocycles. The number of fused-ring (bicyclic) bond motifs is 1. The summed E-state index contributed by atoms with van der Waals surface area (Å²) in [6.45, 7) is 2.42. The van der Waals surface area contributed by atoms with Crippen molar-refractivity contribution in [1.82, 2.24) is 5.32 Å². The highest BCUT2D eigenvalue weighted by molar-refractivity contribution is 5.82. The first-order chi connectivity index (χ1) is 10.1. The number of nitrogen functional groups attached to an aromatic ring is 1. The van der Waals surface area contributed by atoms with E-state index in [0.717, 1.165) is 28.1 Å². The van der Waals surface area contributed by atoms with Gasteiger partial charge in [-0.3, -0.25) is 4.79 Å². The molecule has 2 aromatic carbocycles. The van der Waals surface area contributed by atoms with Crippen LogP contribution in [0.1, 0.15) is 16.7 Å². The topological polar surface area (TPSA) is 64.3 Å². The van der Waals surface area contributed by atoms with Crippen molar-refractivity contribution in [2.24, 2.45) is 0 Å². The summed E-state index contributed by atoms with van der Waals surface area (Å²) in [6.07, 6.45) is 0.182. The predicted octanol–water partition coefficient (Wildman–Crippen LogP) is 2.20. The summed E-state index contributed by atoms with van der Waals surface area (Å²) in [5.74, 6) is 0.714. The van der Waals surface area contributed by atoms with Crippen LogP contribution in [0.5, 0.6) is 5.75 Å². The van der Waals surface area contributed by atoms with E-state index in [-0.39, 0.29) is 5.91 Å². The maximum atomic E-state index is 12.2. The van der Waals surface area contributed by atoms with Crippen LogP contribution in [0.25, 0.3) is 0 Å². The fourth-order valence-electron chi connectivity index (χ4n) is 2.52. The van der Waals surface area contributed by atoms with Crippen LogP contribution in [0, 0.1) is 6.92 Å². The Balaban J connectivity index is 1.62. The Kier molecular flexibility index (Phi) is 3.52. The minimum Gasteiger partial charge on any atom is -0.480 e. The molecule has 1 atom stereocenters. The second kappa shape index (κ2) is 5.48. The molecule has 0 saturated carbocycles. The smallest absolute Gasteiger partial charge is 0.261 e. The number of rotatable bonds is 3. The Labute approximate surface area is 123 Å². The molecule has 0 radical (unpaired) electrons. The van der Waals surface area contributed by atoms with E-state index in [9.17, 15) is 4.79 Å². The number of hydrogen-bond donors (Lipinski definition) is 2. The van der Waals surface area contributed by atoms with Gasteiger partial charge in [-0.1, -0.05) is 30.3 Å². The van der Waals surface area contributed by atoms with Crippen molar-refractivity contribution in [3.63, 3.8) is 0 Å².